The van der Waals surface area contributed by atoms with Gasteiger partial charge in [-0.25, -0.2) is 9.89 Å². The molecule has 1 fully saturated rings. The van der Waals surface area contributed by atoms with Crippen LogP contribution in [-0.2, 0) is 0 Å². The number of furan rings is 1. The van der Waals surface area contributed by atoms with Crippen molar-refractivity contribution in [3.63, 3.8) is 0 Å². The van der Waals surface area contributed by atoms with Gasteiger partial charge in [-0.2, -0.15) is 0 Å². The van der Waals surface area contributed by atoms with E-state index in [0.29, 0.717) is 16.5 Å². The van der Waals surface area contributed by atoms with Crippen molar-refractivity contribution in [3.05, 3.63) is 28.4 Å². The van der Waals surface area contributed by atoms with Gasteiger partial charge in [-0.3, -0.25) is 9.36 Å². The first-order valence-corrected chi connectivity index (χ1v) is 5.99. The van der Waals surface area contributed by atoms with E-state index in [-0.39, 0.29) is 17.5 Å². The molecule has 0 unspecified atom stereocenters. The van der Waals surface area contributed by atoms with Crippen LogP contribution < -0.4 is 5.69 Å². The fourth-order valence-corrected chi connectivity index (χ4v) is 2.44. The fraction of sp³-hybridized carbons (Fsp3) is 0.300. The summed E-state index contributed by atoms with van der Waals surface area (Å²) in [5.74, 6) is 0.267. The molecule has 1 N–H and O–H groups in total. The number of carbonyl (C=O) groups is 1. The molecule has 1 aliphatic rings. The molecule has 0 atom stereocenters. The number of rotatable bonds is 4. The Morgan fingerprint density at radius 3 is 3.00 bits per heavy atom. The molecule has 7 heteroatoms. The van der Waals surface area contributed by atoms with Crippen LogP contribution in [0.3, 0.4) is 0 Å². The van der Waals surface area contributed by atoms with Crippen molar-refractivity contribution in [1.29, 1.82) is 0 Å². The summed E-state index contributed by atoms with van der Waals surface area (Å²) in [5, 5.41) is 7.49. The van der Waals surface area contributed by atoms with Crippen LogP contribution in [0.15, 0.2) is 31.6 Å². The molecule has 0 radical (unpaired) electrons. The smallest absolute Gasteiger partial charge is 0.344 e. The Hall–Kier alpha value is -1.76. The Balaban J connectivity index is 1.89. The van der Waals surface area contributed by atoms with Crippen LogP contribution in [0.5, 0.6) is 0 Å². The highest BCUT2D eigenvalue weighted by molar-refractivity contribution is 7.99. The number of hydrogen-bond donors (Lipinski definition) is 1. The fourth-order valence-electron chi connectivity index (χ4n) is 1.56. The zero-order valence-corrected chi connectivity index (χ0v) is 9.57. The van der Waals surface area contributed by atoms with Crippen LogP contribution >= 0.6 is 11.8 Å². The third kappa shape index (κ3) is 1.93. The second kappa shape index (κ2) is 3.92. The summed E-state index contributed by atoms with van der Waals surface area (Å²) in [6, 6.07) is 3.52. The van der Waals surface area contributed by atoms with E-state index in [1.165, 1.54) is 11.8 Å². The van der Waals surface area contributed by atoms with E-state index >= 15 is 0 Å². The summed E-state index contributed by atoms with van der Waals surface area (Å²) in [4.78, 5) is 22.0. The van der Waals surface area contributed by atoms with Gasteiger partial charge in [0.1, 0.15) is 0 Å². The van der Waals surface area contributed by atoms with Gasteiger partial charge in [0.25, 0.3) is 0 Å². The maximum absolute atomic E-state index is 11.5. The van der Waals surface area contributed by atoms with E-state index in [1.54, 1.807) is 16.7 Å². The summed E-state index contributed by atoms with van der Waals surface area (Å²) in [6.07, 6.45) is 2.65. The number of carbonyl (C=O) groups excluding carboxylic acids is 1. The second-order valence-corrected chi connectivity index (χ2v) is 4.76. The highest BCUT2D eigenvalue weighted by atomic mass is 32.2. The molecule has 0 spiro atoms. The molecular formula is C10H9N3O3S. The molecule has 3 rings (SSSR count). The quantitative estimate of drug-likeness (QED) is 0.832. The monoisotopic (exact) mass is 251 g/mol. The number of nitrogens with one attached hydrogen (secondary N) is 1. The minimum Gasteiger partial charge on any atom is -0.447 e. The summed E-state index contributed by atoms with van der Waals surface area (Å²) in [7, 11) is 0. The minimum atomic E-state index is -0.197. The van der Waals surface area contributed by atoms with Gasteiger partial charge in [-0.15, -0.1) is 5.10 Å². The molecule has 2 aromatic rings. The predicted molar refractivity (Wildman–Crippen MR) is 59.3 cm³/mol. The SMILES string of the molecule is O=Cc1ccc(Sc2n[nH]c(=O)n2C2CC2)o1. The average molecular weight is 251 g/mol. The van der Waals surface area contributed by atoms with E-state index in [1.807, 2.05) is 0 Å². The van der Waals surface area contributed by atoms with Crippen LogP contribution in [-0.4, -0.2) is 21.1 Å². The van der Waals surface area contributed by atoms with Crippen molar-refractivity contribution in [2.24, 2.45) is 0 Å². The zero-order valence-electron chi connectivity index (χ0n) is 8.75. The highest BCUT2D eigenvalue weighted by Gasteiger charge is 2.29. The van der Waals surface area contributed by atoms with Gasteiger partial charge >= 0.3 is 5.69 Å². The molecule has 0 saturated heterocycles. The van der Waals surface area contributed by atoms with Crippen LogP contribution in [0.4, 0.5) is 0 Å². The first-order valence-electron chi connectivity index (χ1n) is 5.17. The predicted octanol–water partition coefficient (Wildman–Crippen LogP) is 1.46. The summed E-state index contributed by atoms with van der Waals surface area (Å²) >= 11 is 1.23. The van der Waals surface area contributed by atoms with Crippen molar-refractivity contribution in [2.75, 3.05) is 0 Å². The van der Waals surface area contributed by atoms with Crippen LogP contribution in [0.25, 0.3) is 0 Å². The number of nitrogens with zero attached hydrogens (tertiary/aromatic N) is 2. The third-order valence-electron chi connectivity index (χ3n) is 2.49. The molecule has 0 bridgehead atoms. The lowest BCUT2D eigenvalue weighted by Crippen LogP contribution is -2.15. The van der Waals surface area contributed by atoms with E-state index in [2.05, 4.69) is 10.2 Å². The summed E-state index contributed by atoms with van der Waals surface area (Å²) in [6.45, 7) is 0. The van der Waals surface area contributed by atoms with E-state index in [4.69, 9.17) is 4.42 Å². The average Bonchev–Trinajstić information content (AvgIpc) is 2.94. The Morgan fingerprint density at radius 2 is 2.35 bits per heavy atom. The largest absolute Gasteiger partial charge is 0.447 e. The summed E-state index contributed by atoms with van der Waals surface area (Å²) in [5.41, 5.74) is -0.197. The maximum atomic E-state index is 11.5. The topological polar surface area (TPSA) is 80.9 Å². The normalized spacial score (nSPS) is 15.1. The standard InChI is InChI=1S/C10H9N3O3S/c14-5-7-3-4-8(16-7)17-10-12-11-9(15)13(10)6-1-2-6/h3-6H,1-2H2,(H,11,15). The van der Waals surface area contributed by atoms with Crippen LogP contribution in [0.2, 0.25) is 0 Å². The lowest BCUT2D eigenvalue weighted by Gasteiger charge is -2.00. The minimum absolute atomic E-state index is 0.197. The van der Waals surface area contributed by atoms with E-state index in [9.17, 15) is 9.59 Å². The zero-order chi connectivity index (χ0) is 11.8. The molecule has 0 amide bonds. The Kier molecular flexibility index (Phi) is 2.40. The van der Waals surface area contributed by atoms with Gasteiger partial charge in [0.2, 0.25) is 0 Å². The van der Waals surface area contributed by atoms with Gasteiger partial charge in [-0.05, 0) is 36.7 Å². The van der Waals surface area contributed by atoms with Gasteiger partial charge in [0.05, 0.1) is 0 Å². The van der Waals surface area contributed by atoms with Crippen LogP contribution in [0.1, 0.15) is 29.4 Å². The van der Waals surface area contributed by atoms with Crippen molar-refractivity contribution < 1.29 is 9.21 Å². The second-order valence-electron chi connectivity index (χ2n) is 3.79. The maximum Gasteiger partial charge on any atom is 0.344 e. The summed E-state index contributed by atoms with van der Waals surface area (Å²) < 4.78 is 6.86. The van der Waals surface area contributed by atoms with Crippen molar-refractivity contribution in [2.45, 2.75) is 29.1 Å². The Labute approximate surface area is 100 Å². The lowest BCUT2D eigenvalue weighted by molar-refractivity contribution is 0.109. The van der Waals surface area contributed by atoms with Gasteiger partial charge < -0.3 is 4.42 Å². The molecule has 0 aromatic carbocycles. The number of aromatic amines is 1. The molecule has 2 heterocycles. The van der Waals surface area contributed by atoms with Gasteiger partial charge in [0, 0.05) is 6.04 Å². The Bertz CT molecular complexity index is 608. The third-order valence-corrected chi connectivity index (χ3v) is 3.39. The molecule has 6 nitrogen and oxygen atoms in total. The molecule has 1 saturated carbocycles. The molecule has 17 heavy (non-hydrogen) atoms. The van der Waals surface area contributed by atoms with E-state index < -0.39 is 0 Å². The molecule has 88 valence electrons. The molecule has 1 aliphatic carbocycles. The van der Waals surface area contributed by atoms with Crippen molar-refractivity contribution >= 4 is 18.0 Å². The van der Waals surface area contributed by atoms with Crippen molar-refractivity contribution in [3.8, 4) is 0 Å². The first-order chi connectivity index (χ1) is 8.28. The van der Waals surface area contributed by atoms with Gasteiger partial charge in [0.15, 0.2) is 22.3 Å². The molecular weight excluding hydrogens is 242 g/mol. The number of aromatic nitrogens is 3. The molecule has 2 aromatic heterocycles. The van der Waals surface area contributed by atoms with Crippen LogP contribution in [0, 0.1) is 0 Å². The Morgan fingerprint density at radius 1 is 1.53 bits per heavy atom. The lowest BCUT2D eigenvalue weighted by atomic mass is 10.5. The van der Waals surface area contributed by atoms with Gasteiger partial charge in [-0.1, -0.05) is 0 Å². The number of hydrogen-bond acceptors (Lipinski definition) is 5. The molecule has 0 aliphatic heterocycles. The van der Waals surface area contributed by atoms with Crippen molar-refractivity contribution in [1.82, 2.24) is 14.8 Å². The van der Waals surface area contributed by atoms with E-state index in [0.717, 1.165) is 12.8 Å². The number of H-pyrrole nitrogens is 1. The highest BCUT2D eigenvalue weighted by Crippen LogP contribution is 2.37. The first kappa shape index (κ1) is 10.4. The number of aldehydes is 1.